The number of nitrogens with zero attached hydrogens (tertiary/aromatic N) is 15. The van der Waals surface area contributed by atoms with Crippen LogP contribution >= 0.6 is 57.6 Å². The zero-order valence-corrected chi connectivity index (χ0v) is 58.7. The third kappa shape index (κ3) is 18.8. The van der Waals surface area contributed by atoms with Crippen LogP contribution in [0.1, 0.15) is 81.3 Å². The Balaban J connectivity index is 0.000000161. The number of sulfone groups is 3. The Kier molecular flexibility index (Phi) is 23.1. The summed E-state index contributed by atoms with van der Waals surface area (Å²) in [5.74, 6) is -1.31. The minimum atomic E-state index is -4.88. The van der Waals surface area contributed by atoms with Crippen molar-refractivity contribution in [3.8, 4) is 0 Å². The molecule has 5 aliphatic rings. The molecule has 5 fully saturated rings. The number of aliphatic hydroxyl groups is 6. The average molecular weight is 1570 g/mol. The summed E-state index contributed by atoms with van der Waals surface area (Å²) in [6.07, 6.45) is -12.1. The van der Waals surface area contributed by atoms with Crippen molar-refractivity contribution in [2.45, 2.75) is 138 Å². The first-order chi connectivity index (χ1) is 46.1. The Labute approximate surface area is 574 Å². The summed E-state index contributed by atoms with van der Waals surface area (Å²) in [5, 5.41) is 95.2. The van der Waals surface area contributed by atoms with Gasteiger partial charge in [0, 0.05) is 12.6 Å². The van der Waals surface area contributed by atoms with Gasteiger partial charge in [0.1, 0.15) is 54.9 Å². The summed E-state index contributed by atoms with van der Waals surface area (Å²) in [7, 11) is -27.5. The molecule has 6 aromatic heterocycles. The quantitative estimate of drug-likeness (QED) is 0.0264. The van der Waals surface area contributed by atoms with Crippen molar-refractivity contribution in [2.24, 2.45) is 5.92 Å². The molecule has 13 atom stereocenters. The minimum Gasteiger partial charge on any atom is -0.387 e. The van der Waals surface area contributed by atoms with Gasteiger partial charge >= 0.3 is 22.8 Å². The van der Waals surface area contributed by atoms with Gasteiger partial charge in [0.2, 0.25) is 15.9 Å². The average Bonchev–Trinajstić information content (AvgIpc) is 1.63. The fraction of sp³-hybridized carbons (Fsp3) is 0.625. The predicted molar refractivity (Wildman–Crippen MR) is 345 cm³/mol. The third-order valence-corrected chi connectivity index (χ3v) is 27.9. The second-order valence-electron chi connectivity index (χ2n) is 24.1. The van der Waals surface area contributed by atoms with Gasteiger partial charge in [-0.25, -0.2) is 25.3 Å². The van der Waals surface area contributed by atoms with Crippen molar-refractivity contribution >= 4 is 138 Å². The zero-order chi connectivity index (χ0) is 72.2. The summed E-state index contributed by atoms with van der Waals surface area (Å²) in [6, 6.07) is 7.84. The van der Waals surface area contributed by atoms with Crippen LogP contribution in [0.15, 0.2) is 24.3 Å². The number of hydrogen-bond donors (Lipinski definition) is 15. The monoisotopic (exact) mass is 1570 g/mol. The molecule has 42 nitrogen and oxygen atoms in total. The summed E-state index contributed by atoms with van der Waals surface area (Å²) in [4.78, 5) is 78.4. The number of nitrogens with one attached hydrogen (secondary N) is 3. The fourth-order valence-electron chi connectivity index (χ4n) is 11.0. The number of aryl methyl sites for hydroxylation is 1. The normalized spacial score (nSPS) is 26.0. The maximum absolute atomic E-state index is 12.1. The second-order valence-corrected chi connectivity index (χ2v) is 37.7. The molecule has 0 bridgehead atoms. The van der Waals surface area contributed by atoms with Gasteiger partial charge in [-0.05, 0) is 92.2 Å². The van der Waals surface area contributed by atoms with Crippen molar-refractivity contribution in [1.82, 2.24) is 74.9 Å². The fourth-order valence-corrected chi connectivity index (χ4v) is 21.2. The molecule has 3 saturated heterocycles. The van der Waals surface area contributed by atoms with Gasteiger partial charge in [0.05, 0.1) is 23.3 Å². The molecule has 0 spiro atoms. The van der Waals surface area contributed by atoms with E-state index in [1.165, 1.54) is 6.42 Å². The van der Waals surface area contributed by atoms with Crippen molar-refractivity contribution in [1.29, 1.82) is 0 Å². The largest absolute Gasteiger partial charge is 0.387 e. The van der Waals surface area contributed by atoms with E-state index in [1.54, 1.807) is 0 Å². The summed E-state index contributed by atoms with van der Waals surface area (Å²) < 4.78 is 125. The molecule has 546 valence electrons. The zero-order valence-electron chi connectivity index (χ0n) is 51.3. The van der Waals surface area contributed by atoms with E-state index >= 15 is 0 Å². The van der Waals surface area contributed by atoms with Gasteiger partial charge in [-0.15, -0.1) is 15.3 Å². The molecule has 0 amide bonds. The molecule has 0 unspecified atom stereocenters. The minimum absolute atomic E-state index is 0.0450. The Hall–Kier alpha value is -5.13. The topological polar surface area (TPSA) is 630 Å². The molecule has 3 aliphatic heterocycles. The summed E-state index contributed by atoms with van der Waals surface area (Å²) >= 11 is 18.2. The summed E-state index contributed by atoms with van der Waals surface area (Å²) in [5.41, 5.74) is -1.25. The van der Waals surface area contributed by atoms with Crippen LogP contribution in [-0.2, 0) is 57.4 Å². The van der Waals surface area contributed by atoms with Gasteiger partial charge < -0.3 is 90.2 Å². The molecule has 0 radical (unpaired) electrons. The molecule has 51 heteroatoms. The lowest BCUT2D eigenvalue weighted by molar-refractivity contribution is -0.0375. The van der Waals surface area contributed by atoms with E-state index in [0.29, 0.717) is 24.1 Å². The Morgan fingerprint density at radius 3 is 1.20 bits per heavy atom. The van der Waals surface area contributed by atoms with Crippen molar-refractivity contribution in [2.75, 3.05) is 56.2 Å². The molecule has 2 aliphatic carbocycles. The van der Waals surface area contributed by atoms with E-state index in [2.05, 4.69) is 76.8 Å². The molecule has 7 aromatic rings. The first kappa shape index (κ1) is 76.5. The summed E-state index contributed by atoms with van der Waals surface area (Å²) in [6.45, 7) is 4.54. The van der Waals surface area contributed by atoms with Crippen molar-refractivity contribution in [3.63, 3.8) is 0 Å². The lowest BCUT2D eigenvalue weighted by Gasteiger charge is -2.26. The number of fused-ring (bicyclic) bond motifs is 3. The number of anilines is 3. The highest BCUT2D eigenvalue weighted by molar-refractivity contribution is 7.98. The molecule has 2 saturated carbocycles. The molecule has 99 heavy (non-hydrogen) atoms. The molecular weight excluding hydrogens is 1510 g/mol. The van der Waals surface area contributed by atoms with Gasteiger partial charge in [-0.3, -0.25) is 13.7 Å². The van der Waals surface area contributed by atoms with Crippen LogP contribution < -0.4 is 16.0 Å². The van der Waals surface area contributed by atoms with Gasteiger partial charge in [-0.1, -0.05) is 51.9 Å². The van der Waals surface area contributed by atoms with Crippen LogP contribution in [-0.4, -0.2) is 261 Å². The maximum atomic E-state index is 12.1. The van der Waals surface area contributed by atoms with E-state index in [-0.39, 0.29) is 67.2 Å². The molecule has 12 rings (SSSR count). The van der Waals surface area contributed by atoms with Crippen LogP contribution in [0.3, 0.4) is 0 Å². The molecule has 15 N–H and O–H groups in total. The second kappa shape index (κ2) is 29.9. The Morgan fingerprint density at radius 2 is 0.859 bits per heavy atom. The highest BCUT2D eigenvalue weighted by Crippen LogP contribution is 2.42. The van der Waals surface area contributed by atoms with Gasteiger partial charge in [-0.2, -0.15) is 43.9 Å². The lowest BCUT2D eigenvalue weighted by atomic mass is 9.85. The number of hydrogen-bond acceptors (Lipinski definition) is 33. The van der Waals surface area contributed by atoms with Crippen LogP contribution in [0.5, 0.6) is 0 Å². The van der Waals surface area contributed by atoms with E-state index in [9.17, 15) is 69.6 Å². The Morgan fingerprint density at radius 1 is 0.515 bits per heavy atom. The van der Waals surface area contributed by atoms with Crippen LogP contribution in [0.2, 0.25) is 15.9 Å². The highest BCUT2D eigenvalue weighted by atomic mass is 35.5. The van der Waals surface area contributed by atoms with Crippen molar-refractivity contribution < 1.29 is 113 Å². The van der Waals surface area contributed by atoms with Gasteiger partial charge in [0.15, 0.2) is 116 Å². The number of aliphatic hydroxyl groups excluding tert-OH is 6. The lowest BCUT2D eigenvalue weighted by Crippen LogP contribution is -2.36. The van der Waals surface area contributed by atoms with Crippen LogP contribution in [0.4, 0.5) is 17.5 Å². The first-order valence-electron chi connectivity index (χ1n) is 29.6. The number of aromatic nitrogens is 15. The smallest absolute Gasteiger partial charge is 0.340 e. The van der Waals surface area contributed by atoms with Crippen molar-refractivity contribution in [3.05, 3.63) is 51.2 Å². The van der Waals surface area contributed by atoms with Gasteiger partial charge in [0.25, 0.3) is 0 Å². The van der Waals surface area contributed by atoms with E-state index < -0.39 is 160 Å². The first-order valence-corrected chi connectivity index (χ1v) is 41.6. The standard InChI is InChI=1S/C19H24ClN6O8PS.C15H22ClN6O8PS.C14H20ClN6O8PS/c1-9-3-5-11(6-4-9)10(2)21-16-13-17(23-19(20)22-16)26(25-24-13)18-15(28)14(27)12(34-18)7-36(32,33)8-35(29,30)31;16-15-18-12(17-4-7-2-1-3-7)9-13(19-15)22(21-20-9)14-11(24)10(23)8(30-14)5-32(28,29)6-31(25,26)27;15-14-17-11(16-6-2-1-3-6)8-12(18-14)21(20-19-8)13-10(23)9(22)7(29-13)4-31(27,28)5-30(24,25)26/h3-6,10,12,14-15,18,27-28H,7-8H2,1-2H3,(H,21,22,23)(H2,29,30,31);7-8,10-11,14,23-24H,1-6H2,(H,17,18,19)(H2,25,26,27);6-7,9-10,13,22-23H,1-5H2,(H,16,17,18)(H2,24,25,26)/t10-,12+,14+,15+,18+;8-,10-,11-,14-;7-,9-,10-,13-/m011/s1. The number of benzene rings is 1. The number of halogens is 3. The van der Waals surface area contributed by atoms with Crippen LogP contribution in [0, 0.1) is 12.8 Å². The molecule has 9 heterocycles. The SMILES string of the molecule is Cc1ccc([C@H](C)Nc2nc(Cl)nc3c2nnn3[C@@H]2O[C@H](CS(=O)(=O)CP(=O)(O)O)[C@@H](O)[C@H]2O)cc1.O=P(O)(O)CS(=O)(=O)C[C@H]1O[C@@H](n2nnc3c(NC4CCC4)nc(Cl)nc32)[C@H](O)[C@@H]1O.O=P(O)(O)CS(=O)(=O)C[C@H]1O[C@@H](n2nnc3c(NCC4CCC4)nc(Cl)nc32)[C@H](O)[C@@H]1O. The predicted octanol–water partition coefficient (Wildman–Crippen LogP) is -1.21. The highest BCUT2D eigenvalue weighted by Gasteiger charge is 2.51. The molecule has 1 aromatic carbocycles. The van der Waals surface area contributed by atoms with Crippen LogP contribution in [0.25, 0.3) is 33.5 Å². The number of ether oxygens (including phenoxy) is 3. The Bertz CT molecular complexity index is 4610. The maximum Gasteiger partial charge on any atom is 0.340 e. The number of rotatable bonds is 23. The third-order valence-electron chi connectivity index (χ3n) is 16.1. The van der Waals surface area contributed by atoms with E-state index in [1.807, 2.05) is 38.1 Å². The van der Waals surface area contributed by atoms with E-state index in [0.717, 1.165) is 57.3 Å². The molecular formula is C48H66Cl3N18O24P3S3. The van der Waals surface area contributed by atoms with E-state index in [4.69, 9.17) is 78.4 Å².